The van der Waals surface area contributed by atoms with E-state index >= 15 is 0 Å². The third kappa shape index (κ3) is 4.68. The van der Waals surface area contributed by atoms with E-state index < -0.39 is 5.97 Å². The van der Waals surface area contributed by atoms with Crippen molar-refractivity contribution in [2.24, 2.45) is 0 Å². The largest absolute Gasteiger partial charge is 0.496 e. The van der Waals surface area contributed by atoms with Gasteiger partial charge in [0.25, 0.3) is 0 Å². The maximum atomic E-state index is 10.5. The molecule has 0 spiro atoms. The molecule has 1 aromatic rings. The molecule has 0 heterocycles. The fourth-order valence-electron chi connectivity index (χ4n) is 1.76. The average Bonchev–Trinajstić information content (AvgIpc) is 2.44. The molecular weight excluding hydrogens is 258 g/mol. The van der Waals surface area contributed by atoms with Crippen molar-refractivity contribution in [1.82, 2.24) is 4.90 Å². The van der Waals surface area contributed by atoms with Crippen molar-refractivity contribution < 1.29 is 19.7 Å². The summed E-state index contributed by atoms with van der Waals surface area (Å²) in [6.45, 7) is 2.62. The van der Waals surface area contributed by atoms with E-state index in [1.165, 1.54) is 0 Å². The Kier molecular flexibility index (Phi) is 6.21. The number of rotatable bonds is 7. The van der Waals surface area contributed by atoms with Crippen molar-refractivity contribution in [3.05, 3.63) is 35.4 Å². The molecule has 110 valence electrons. The summed E-state index contributed by atoms with van der Waals surface area (Å²) in [5.41, 5.74) is 1.75. The van der Waals surface area contributed by atoms with Gasteiger partial charge in [-0.1, -0.05) is 6.07 Å². The van der Waals surface area contributed by atoms with Crippen LogP contribution in [0.3, 0.4) is 0 Å². The molecule has 1 rings (SSSR count). The van der Waals surface area contributed by atoms with Gasteiger partial charge in [-0.25, -0.2) is 4.79 Å². The van der Waals surface area contributed by atoms with Gasteiger partial charge < -0.3 is 14.9 Å². The highest BCUT2D eigenvalue weighted by molar-refractivity contribution is 5.85. The summed E-state index contributed by atoms with van der Waals surface area (Å²) in [4.78, 5) is 12.5. The Morgan fingerprint density at radius 3 is 2.75 bits per heavy atom. The smallest absolute Gasteiger partial charge is 0.328 e. The first kappa shape index (κ1) is 16.2. The van der Waals surface area contributed by atoms with E-state index in [2.05, 4.69) is 0 Å². The minimum absolute atomic E-state index is 0.0397. The number of carbonyl (C=O) groups is 1. The van der Waals surface area contributed by atoms with Gasteiger partial charge in [0.1, 0.15) is 5.75 Å². The lowest BCUT2D eigenvalue weighted by Crippen LogP contribution is -2.31. The van der Waals surface area contributed by atoms with Crippen molar-refractivity contribution in [2.75, 3.05) is 20.8 Å². The normalized spacial score (nSPS) is 12.8. The van der Waals surface area contributed by atoms with Crippen LogP contribution in [0.15, 0.2) is 24.3 Å². The summed E-state index contributed by atoms with van der Waals surface area (Å²) < 4.78 is 5.31. The Morgan fingerprint density at radius 1 is 1.50 bits per heavy atom. The summed E-state index contributed by atoms with van der Waals surface area (Å²) in [6, 6.07) is 5.54. The third-order valence-electron chi connectivity index (χ3n) is 3.16. The van der Waals surface area contributed by atoms with E-state index in [0.717, 1.165) is 23.0 Å². The van der Waals surface area contributed by atoms with E-state index in [1.54, 1.807) is 19.3 Å². The molecule has 0 bridgehead atoms. The van der Waals surface area contributed by atoms with Gasteiger partial charge in [-0.2, -0.15) is 0 Å². The molecule has 0 saturated carbocycles. The summed E-state index contributed by atoms with van der Waals surface area (Å²) in [6.07, 6.45) is 2.65. The molecular formula is C15H21NO4. The number of carboxylic acid groups (broad SMARTS) is 1. The van der Waals surface area contributed by atoms with Crippen molar-refractivity contribution in [2.45, 2.75) is 19.5 Å². The fraction of sp³-hybridized carbons (Fsp3) is 0.400. The highest BCUT2D eigenvalue weighted by Gasteiger charge is 2.11. The van der Waals surface area contributed by atoms with Crippen LogP contribution in [-0.2, 0) is 11.3 Å². The molecule has 0 aromatic heterocycles. The topological polar surface area (TPSA) is 70.0 Å². The zero-order valence-corrected chi connectivity index (χ0v) is 12.0. The lowest BCUT2D eigenvalue weighted by atomic mass is 10.1. The zero-order chi connectivity index (χ0) is 15.1. The lowest BCUT2D eigenvalue weighted by Gasteiger charge is -2.23. The zero-order valence-electron chi connectivity index (χ0n) is 12.0. The standard InChI is InChI=1S/C15H21NO4/c1-11(10-17)16(2)9-13-8-12(5-7-15(18)19)4-6-14(13)20-3/h4-8,11,17H,9-10H2,1-3H3,(H,18,19)/b7-5+. The average molecular weight is 279 g/mol. The Bertz CT molecular complexity index is 485. The van der Waals surface area contributed by atoms with Gasteiger partial charge in [0, 0.05) is 24.2 Å². The van der Waals surface area contributed by atoms with E-state index in [4.69, 9.17) is 14.9 Å². The number of nitrogens with zero attached hydrogens (tertiary/aromatic N) is 1. The number of carboxylic acids is 1. The van der Waals surface area contributed by atoms with Crippen molar-refractivity contribution >= 4 is 12.0 Å². The molecule has 5 heteroatoms. The van der Waals surface area contributed by atoms with Crippen LogP contribution >= 0.6 is 0 Å². The molecule has 0 aliphatic heterocycles. The van der Waals surface area contributed by atoms with Crippen LogP contribution < -0.4 is 4.74 Å². The van der Waals surface area contributed by atoms with Gasteiger partial charge in [0.15, 0.2) is 0 Å². The quantitative estimate of drug-likeness (QED) is 0.742. The molecule has 0 amide bonds. The molecule has 0 aliphatic carbocycles. The minimum atomic E-state index is -0.978. The first-order valence-electron chi connectivity index (χ1n) is 6.37. The predicted octanol–water partition coefficient (Wildman–Crippen LogP) is 1.61. The maximum Gasteiger partial charge on any atom is 0.328 e. The molecule has 0 fully saturated rings. The molecule has 5 nitrogen and oxygen atoms in total. The SMILES string of the molecule is COc1ccc(/C=C/C(=O)O)cc1CN(C)C(C)CO. The second-order valence-electron chi connectivity index (χ2n) is 4.69. The van der Waals surface area contributed by atoms with Gasteiger partial charge in [0.2, 0.25) is 0 Å². The summed E-state index contributed by atoms with van der Waals surface area (Å²) >= 11 is 0. The molecule has 0 radical (unpaired) electrons. The first-order chi connectivity index (χ1) is 9.47. The second kappa shape index (κ2) is 7.67. The monoisotopic (exact) mass is 279 g/mol. The molecule has 20 heavy (non-hydrogen) atoms. The molecule has 0 aliphatic rings. The minimum Gasteiger partial charge on any atom is -0.496 e. The predicted molar refractivity (Wildman–Crippen MR) is 77.7 cm³/mol. The van der Waals surface area contributed by atoms with E-state index in [9.17, 15) is 4.79 Å². The number of aliphatic carboxylic acids is 1. The highest BCUT2D eigenvalue weighted by Crippen LogP contribution is 2.22. The summed E-state index contributed by atoms with van der Waals surface area (Å²) in [5.74, 6) is -0.233. The Balaban J connectivity index is 2.97. The summed E-state index contributed by atoms with van der Waals surface area (Å²) in [7, 11) is 3.52. The van der Waals surface area contributed by atoms with Crippen LogP contribution in [0.4, 0.5) is 0 Å². The van der Waals surface area contributed by atoms with E-state index in [1.807, 2.05) is 31.0 Å². The van der Waals surface area contributed by atoms with Crippen LogP contribution in [0.25, 0.3) is 6.08 Å². The van der Waals surface area contributed by atoms with Gasteiger partial charge in [0.05, 0.1) is 13.7 Å². The number of hydrogen-bond acceptors (Lipinski definition) is 4. The number of benzene rings is 1. The number of likely N-dealkylation sites (N-methyl/N-ethyl adjacent to an activating group) is 1. The number of hydrogen-bond donors (Lipinski definition) is 2. The Labute approximate surface area is 119 Å². The number of methoxy groups -OCH3 is 1. The lowest BCUT2D eigenvalue weighted by molar-refractivity contribution is -0.131. The molecule has 1 aromatic carbocycles. The first-order valence-corrected chi connectivity index (χ1v) is 6.37. The number of ether oxygens (including phenoxy) is 1. The molecule has 1 unspecified atom stereocenters. The fourth-order valence-corrected chi connectivity index (χ4v) is 1.76. The Morgan fingerprint density at radius 2 is 2.20 bits per heavy atom. The highest BCUT2D eigenvalue weighted by atomic mass is 16.5. The number of aliphatic hydroxyl groups excluding tert-OH is 1. The number of aliphatic hydroxyl groups is 1. The second-order valence-corrected chi connectivity index (χ2v) is 4.69. The van der Waals surface area contributed by atoms with Crippen molar-refractivity contribution in [3.63, 3.8) is 0 Å². The third-order valence-corrected chi connectivity index (χ3v) is 3.16. The van der Waals surface area contributed by atoms with E-state index in [0.29, 0.717) is 6.54 Å². The maximum absolute atomic E-state index is 10.5. The molecule has 1 atom stereocenters. The van der Waals surface area contributed by atoms with Crippen LogP contribution in [-0.4, -0.2) is 47.9 Å². The van der Waals surface area contributed by atoms with Crippen molar-refractivity contribution in [1.29, 1.82) is 0 Å². The van der Waals surface area contributed by atoms with Gasteiger partial charge in [-0.3, -0.25) is 4.90 Å². The van der Waals surface area contributed by atoms with E-state index in [-0.39, 0.29) is 12.6 Å². The van der Waals surface area contributed by atoms with Crippen LogP contribution in [0.5, 0.6) is 5.75 Å². The van der Waals surface area contributed by atoms with Gasteiger partial charge in [-0.05, 0) is 37.7 Å². The van der Waals surface area contributed by atoms with Gasteiger partial charge >= 0.3 is 5.97 Å². The molecule has 2 N–H and O–H groups in total. The molecule has 0 saturated heterocycles. The van der Waals surface area contributed by atoms with Gasteiger partial charge in [-0.15, -0.1) is 0 Å². The summed E-state index contributed by atoms with van der Waals surface area (Å²) in [5, 5.41) is 17.8. The van der Waals surface area contributed by atoms with Crippen LogP contribution in [0, 0.1) is 0 Å². The van der Waals surface area contributed by atoms with Crippen LogP contribution in [0.1, 0.15) is 18.1 Å². The van der Waals surface area contributed by atoms with Crippen LogP contribution in [0.2, 0.25) is 0 Å². The Hall–Kier alpha value is -1.85. The van der Waals surface area contributed by atoms with Crippen molar-refractivity contribution in [3.8, 4) is 5.75 Å².